The summed E-state index contributed by atoms with van der Waals surface area (Å²) in [5, 5.41) is 9.51. The van der Waals surface area contributed by atoms with Gasteiger partial charge in [0.05, 0.1) is 28.1 Å². The highest BCUT2D eigenvalue weighted by molar-refractivity contribution is 14.2. The minimum Gasteiger partial charge on any atom is -0.491 e. The topological polar surface area (TPSA) is 141 Å². The van der Waals surface area contributed by atoms with Gasteiger partial charge in [0.1, 0.15) is 12.4 Å². The molecular formula is C24H20F2IN3O6. The smallest absolute Gasteiger partial charge is 0.341 e. The molecule has 0 saturated carbocycles. The van der Waals surface area contributed by atoms with Gasteiger partial charge in [0.2, 0.25) is 0 Å². The Morgan fingerprint density at radius 2 is 1.97 bits per heavy atom. The lowest BCUT2D eigenvalue weighted by Crippen LogP contribution is -2.60. The van der Waals surface area contributed by atoms with Crippen molar-refractivity contribution in [1.29, 1.82) is 0 Å². The number of nitrogens with two attached hydrogens (primary N) is 1. The van der Waals surface area contributed by atoms with Crippen LogP contribution >= 0.6 is 19.8 Å². The van der Waals surface area contributed by atoms with Crippen molar-refractivity contribution in [2.45, 2.75) is 11.3 Å². The predicted molar refractivity (Wildman–Crippen MR) is 133 cm³/mol. The van der Waals surface area contributed by atoms with E-state index in [0.29, 0.717) is 34.6 Å². The summed E-state index contributed by atoms with van der Waals surface area (Å²) in [7, 11) is 0.949. The number of carbonyl (C=O) groups excluding carboxylic acids is 1. The minimum atomic E-state index is -4.54. The first-order valence-electron chi connectivity index (χ1n) is 10.5. The molecule has 0 bridgehead atoms. The number of aliphatic hydroxyl groups is 1. The average Bonchev–Trinajstić information content (AvgIpc) is 2.87. The van der Waals surface area contributed by atoms with Crippen molar-refractivity contribution in [3.8, 4) is 16.9 Å². The second-order valence-electron chi connectivity index (χ2n) is 7.71. The van der Waals surface area contributed by atoms with Crippen LogP contribution in [0.5, 0.6) is 5.75 Å². The molecule has 2 atom stereocenters. The highest BCUT2D eigenvalue weighted by Crippen LogP contribution is 2.51. The SMILES string of the molecule is COC1(c2cccc(-c3ccnc4cc(OCCO)ccc34)c2I(=O)=O)C(F)=CN=CC1(F)C(N)=O. The molecule has 2 heterocycles. The molecule has 1 amide bonds. The third-order valence-electron chi connectivity index (χ3n) is 5.85. The molecule has 188 valence electrons. The third-order valence-corrected chi connectivity index (χ3v) is 7.89. The van der Waals surface area contributed by atoms with E-state index in [9.17, 15) is 10.9 Å². The second-order valence-corrected chi connectivity index (χ2v) is 10.0. The van der Waals surface area contributed by atoms with Gasteiger partial charge >= 0.3 is 19.8 Å². The van der Waals surface area contributed by atoms with E-state index in [1.54, 1.807) is 24.3 Å². The predicted octanol–water partition coefficient (Wildman–Crippen LogP) is 3.57. The van der Waals surface area contributed by atoms with E-state index in [-0.39, 0.29) is 22.3 Å². The molecule has 0 aliphatic carbocycles. The van der Waals surface area contributed by atoms with Crippen molar-refractivity contribution in [2.24, 2.45) is 10.7 Å². The van der Waals surface area contributed by atoms with Crippen LogP contribution < -0.4 is 10.5 Å². The van der Waals surface area contributed by atoms with E-state index in [2.05, 4.69) is 9.98 Å². The quantitative estimate of drug-likeness (QED) is 0.371. The standard InChI is InChI=1S/C24H20F2IN3O6/c1-35-24(20(25)12-29-13-23(24,26)22(28)32)18-4-2-3-17(21(18)27(33)34)15-7-8-30-19-11-14(36-10-9-31)5-6-16(15)19/h2-8,11-13,31H,9-10H2,1H3,(H2,28,32). The molecule has 1 aliphatic heterocycles. The summed E-state index contributed by atoms with van der Waals surface area (Å²) in [5.41, 5.74) is -0.275. The summed E-state index contributed by atoms with van der Waals surface area (Å²) in [4.78, 5) is 19.9. The number of aliphatic hydroxyl groups excluding tert-OH is 1. The van der Waals surface area contributed by atoms with Crippen LogP contribution in [0, 0.1) is 3.57 Å². The van der Waals surface area contributed by atoms with Crippen molar-refractivity contribution in [1.82, 2.24) is 4.98 Å². The van der Waals surface area contributed by atoms with Crippen molar-refractivity contribution in [2.75, 3.05) is 20.3 Å². The van der Waals surface area contributed by atoms with Crippen LogP contribution in [0.25, 0.3) is 22.0 Å². The maximum absolute atomic E-state index is 16.1. The van der Waals surface area contributed by atoms with Gasteiger partial charge in [0.25, 0.3) is 11.6 Å². The molecule has 2 aromatic carbocycles. The molecular weight excluding hydrogens is 591 g/mol. The Hall–Kier alpha value is -3.36. The number of alkyl halides is 1. The fourth-order valence-corrected chi connectivity index (χ4v) is 6.25. The Balaban J connectivity index is 2.03. The summed E-state index contributed by atoms with van der Waals surface area (Å²) in [6.45, 7) is -0.107. The van der Waals surface area contributed by atoms with Crippen LogP contribution in [-0.2, 0) is 21.3 Å². The van der Waals surface area contributed by atoms with Crippen LogP contribution in [0.2, 0.25) is 0 Å². The van der Waals surface area contributed by atoms with Gasteiger partial charge < -0.3 is 20.3 Å². The Morgan fingerprint density at radius 1 is 1.19 bits per heavy atom. The van der Waals surface area contributed by atoms with Crippen LogP contribution in [0.3, 0.4) is 0 Å². The second kappa shape index (κ2) is 9.95. The molecule has 3 aromatic rings. The van der Waals surface area contributed by atoms with Crippen molar-refractivity contribution in [3.05, 3.63) is 69.8 Å². The number of pyridine rings is 1. The number of carbonyl (C=O) groups is 1. The molecule has 1 aliphatic rings. The zero-order chi connectivity index (χ0) is 26.1. The third kappa shape index (κ3) is 3.94. The Kier molecular flexibility index (Phi) is 7.11. The molecule has 9 nitrogen and oxygen atoms in total. The van der Waals surface area contributed by atoms with Crippen LogP contribution in [0.4, 0.5) is 8.78 Å². The maximum atomic E-state index is 16.1. The molecule has 0 radical (unpaired) electrons. The number of fused-ring (bicyclic) bond motifs is 1. The van der Waals surface area contributed by atoms with Gasteiger partial charge in [-0.1, -0.05) is 18.2 Å². The number of rotatable bonds is 8. The fraction of sp³-hybridized carbons (Fsp3) is 0.208. The average molecular weight is 611 g/mol. The Bertz CT molecular complexity index is 1480. The lowest BCUT2D eigenvalue weighted by molar-refractivity contribution is -0.145. The van der Waals surface area contributed by atoms with Gasteiger partial charge in [-0.2, -0.15) is 0 Å². The number of halogens is 3. The number of nitrogens with zero attached hydrogens (tertiary/aromatic N) is 2. The summed E-state index contributed by atoms with van der Waals surface area (Å²) in [6, 6.07) is 10.5. The largest absolute Gasteiger partial charge is 0.491 e. The lowest BCUT2D eigenvalue weighted by Gasteiger charge is -2.41. The molecule has 0 saturated heterocycles. The van der Waals surface area contributed by atoms with E-state index in [1.807, 2.05) is 0 Å². The minimum absolute atomic E-state index is 0.0735. The molecule has 3 N–H and O–H groups in total. The van der Waals surface area contributed by atoms with Crippen molar-refractivity contribution in [3.63, 3.8) is 0 Å². The van der Waals surface area contributed by atoms with Gasteiger partial charge in [-0.25, -0.2) is 14.9 Å². The number of hydrogen-bond acceptors (Lipinski definition) is 8. The van der Waals surface area contributed by atoms with Crippen LogP contribution in [0.1, 0.15) is 5.56 Å². The number of hydrogen-bond donors (Lipinski definition) is 2. The fourth-order valence-electron chi connectivity index (χ4n) is 4.27. The Morgan fingerprint density at radius 3 is 2.64 bits per heavy atom. The molecule has 1 aromatic heterocycles. The highest BCUT2D eigenvalue weighted by Gasteiger charge is 2.63. The number of primary amides is 1. The molecule has 36 heavy (non-hydrogen) atoms. The van der Waals surface area contributed by atoms with E-state index in [4.69, 9.17) is 20.3 Å². The first-order valence-corrected chi connectivity index (χ1v) is 13.3. The van der Waals surface area contributed by atoms with Crippen molar-refractivity contribution < 1.29 is 34.3 Å². The maximum Gasteiger partial charge on any atom is 0.341 e. The molecule has 0 spiro atoms. The van der Waals surface area contributed by atoms with Gasteiger partial charge in [-0.3, -0.25) is 14.8 Å². The normalized spacial score (nSPS) is 21.5. The van der Waals surface area contributed by atoms with E-state index >= 15 is 8.78 Å². The summed E-state index contributed by atoms with van der Waals surface area (Å²) >= 11 is -4.54. The van der Waals surface area contributed by atoms with Crippen LogP contribution in [0.15, 0.2) is 65.7 Å². The summed E-state index contributed by atoms with van der Waals surface area (Å²) < 4.78 is 67.2. The van der Waals surface area contributed by atoms with Gasteiger partial charge in [0, 0.05) is 35.9 Å². The highest BCUT2D eigenvalue weighted by atomic mass is 127. The number of aromatic nitrogens is 1. The number of ether oxygens (including phenoxy) is 2. The van der Waals surface area contributed by atoms with Crippen LogP contribution in [-0.4, -0.2) is 48.2 Å². The Labute approximate surface area is 210 Å². The van der Waals surface area contributed by atoms with E-state index in [1.165, 1.54) is 24.4 Å². The van der Waals surface area contributed by atoms with E-state index in [0.717, 1.165) is 7.11 Å². The monoisotopic (exact) mass is 611 g/mol. The molecule has 4 rings (SSSR count). The molecule has 2 unspecified atom stereocenters. The first kappa shape index (κ1) is 25.7. The van der Waals surface area contributed by atoms with Gasteiger partial charge in [0.15, 0.2) is 11.4 Å². The van der Waals surface area contributed by atoms with Gasteiger partial charge in [-0.15, -0.1) is 0 Å². The van der Waals surface area contributed by atoms with E-state index < -0.39 is 48.4 Å². The summed E-state index contributed by atoms with van der Waals surface area (Å²) in [5.74, 6) is -2.49. The summed E-state index contributed by atoms with van der Waals surface area (Å²) in [6.07, 6.45) is 2.59. The molecule has 0 fully saturated rings. The molecule has 12 heteroatoms. The zero-order valence-electron chi connectivity index (χ0n) is 18.8. The zero-order valence-corrected chi connectivity index (χ0v) is 20.9. The number of benzene rings is 2. The first-order chi connectivity index (χ1) is 17.2. The lowest BCUT2D eigenvalue weighted by atomic mass is 9.75. The number of aliphatic imine (C=N–C) groups is 1. The van der Waals surface area contributed by atoms with Gasteiger partial charge in [-0.05, 0) is 23.8 Å². The number of methoxy groups -OCH3 is 1. The van der Waals surface area contributed by atoms with Crippen molar-refractivity contribution >= 4 is 42.8 Å². The number of amides is 1.